The molecule has 1 heterocycles. The van der Waals surface area contributed by atoms with E-state index >= 15 is 0 Å². The first-order valence-electron chi connectivity index (χ1n) is 8.49. The molecule has 9 heteroatoms. The lowest BCUT2D eigenvalue weighted by Gasteiger charge is -2.17. The van der Waals surface area contributed by atoms with Crippen molar-refractivity contribution in [2.75, 3.05) is 20.3 Å². The molecule has 8 nitrogen and oxygen atoms in total. The van der Waals surface area contributed by atoms with Gasteiger partial charge in [0, 0.05) is 35.2 Å². The summed E-state index contributed by atoms with van der Waals surface area (Å²) in [6, 6.07) is 5.32. The summed E-state index contributed by atoms with van der Waals surface area (Å²) in [5.41, 5.74) is 1.30. The Bertz CT molecular complexity index is 921. The van der Waals surface area contributed by atoms with Crippen molar-refractivity contribution in [2.45, 2.75) is 26.8 Å². The molecule has 0 aliphatic rings. The van der Waals surface area contributed by atoms with Crippen LogP contribution in [0.15, 0.2) is 24.3 Å². The van der Waals surface area contributed by atoms with Gasteiger partial charge in [0.2, 0.25) is 5.78 Å². The first-order valence-corrected chi connectivity index (χ1v) is 8.86. The molecule has 1 aromatic heterocycles. The van der Waals surface area contributed by atoms with Crippen LogP contribution in [0, 0.1) is 24.0 Å². The maximum atomic E-state index is 12.6. The minimum Gasteiger partial charge on any atom is -0.454 e. The van der Waals surface area contributed by atoms with Gasteiger partial charge in [0.1, 0.15) is 5.56 Å². The number of hydrogen-bond acceptors (Lipinski definition) is 6. The predicted molar refractivity (Wildman–Crippen MR) is 103 cm³/mol. The maximum absolute atomic E-state index is 12.6. The topological polar surface area (TPSA) is 101 Å². The Kier molecular flexibility index (Phi) is 6.93. The van der Waals surface area contributed by atoms with Gasteiger partial charge in [-0.3, -0.25) is 14.9 Å². The number of ether oxygens (including phenoxy) is 2. The molecule has 150 valence electrons. The summed E-state index contributed by atoms with van der Waals surface area (Å²) in [5, 5.41) is 11.2. The number of nitrogens with zero attached hydrogens (tertiary/aromatic N) is 2. The molecule has 0 spiro atoms. The van der Waals surface area contributed by atoms with Crippen LogP contribution in [-0.4, -0.2) is 41.6 Å². The minimum atomic E-state index is -0.982. The zero-order valence-corrected chi connectivity index (χ0v) is 16.8. The average Bonchev–Trinajstić information content (AvgIpc) is 2.93. The second kappa shape index (κ2) is 8.99. The fraction of sp³-hybridized carbons (Fsp3) is 0.368. The quantitative estimate of drug-likeness (QED) is 0.284. The second-order valence-electron chi connectivity index (χ2n) is 6.38. The highest BCUT2D eigenvalue weighted by Crippen LogP contribution is 2.24. The van der Waals surface area contributed by atoms with Crippen LogP contribution in [0.4, 0.5) is 5.69 Å². The molecule has 1 aromatic carbocycles. The maximum Gasteiger partial charge on any atom is 0.345 e. The number of methoxy groups -OCH3 is 1. The lowest BCUT2D eigenvalue weighted by atomic mass is 10.1. The molecule has 0 aliphatic carbocycles. The van der Waals surface area contributed by atoms with Crippen LogP contribution < -0.4 is 0 Å². The van der Waals surface area contributed by atoms with Crippen molar-refractivity contribution >= 4 is 29.0 Å². The van der Waals surface area contributed by atoms with Crippen molar-refractivity contribution in [3.63, 3.8) is 0 Å². The SMILES string of the molecule is COC[C@H](C)n1c(C)cc(C(=O)COC(=O)c2cc(Cl)ccc2[N+](=O)[O-])c1C. The Morgan fingerprint density at radius 1 is 1.25 bits per heavy atom. The van der Waals surface area contributed by atoms with E-state index in [1.54, 1.807) is 20.1 Å². The van der Waals surface area contributed by atoms with E-state index in [4.69, 9.17) is 21.1 Å². The van der Waals surface area contributed by atoms with Gasteiger partial charge in [0.15, 0.2) is 6.61 Å². The van der Waals surface area contributed by atoms with E-state index in [-0.39, 0.29) is 16.6 Å². The number of nitro groups is 1. The van der Waals surface area contributed by atoms with Gasteiger partial charge in [-0.15, -0.1) is 0 Å². The number of benzene rings is 1. The van der Waals surface area contributed by atoms with Crippen LogP contribution >= 0.6 is 11.6 Å². The van der Waals surface area contributed by atoms with Crippen LogP contribution in [-0.2, 0) is 9.47 Å². The van der Waals surface area contributed by atoms with Gasteiger partial charge >= 0.3 is 5.97 Å². The molecule has 2 aromatic rings. The lowest BCUT2D eigenvalue weighted by molar-refractivity contribution is -0.385. The van der Waals surface area contributed by atoms with E-state index < -0.39 is 29.0 Å². The van der Waals surface area contributed by atoms with Crippen LogP contribution in [0.1, 0.15) is 45.1 Å². The van der Waals surface area contributed by atoms with Crippen LogP contribution in [0.3, 0.4) is 0 Å². The van der Waals surface area contributed by atoms with Gasteiger partial charge in [-0.1, -0.05) is 11.6 Å². The Morgan fingerprint density at radius 3 is 2.54 bits per heavy atom. The number of aryl methyl sites for hydroxylation is 1. The first-order chi connectivity index (χ1) is 13.2. The molecule has 0 N–H and O–H groups in total. The monoisotopic (exact) mass is 408 g/mol. The Balaban J connectivity index is 2.17. The Labute approximate surface area is 167 Å². The van der Waals surface area contributed by atoms with Crippen molar-refractivity contribution in [3.05, 3.63) is 61.9 Å². The third-order valence-electron chi connectivity index (χ3n) is 4.34. The van der Waals surface area contributed by atoms with Crippen molar-refractivity contribution in [3.8, 4) is 0 Å². The summed E-state index contributed by atoms with van der Waals surface area (Å²) >= 11 is 5.81. The van der Waals surface area contributed by atoms with Gasteiger partial charge in [-0.25, -0.2) is 4.79 Å². The molecule has 0 amide bonds. The number of rotatable bonds is 8. The van der Waals surface area contributed by atoms with Crippen molar-refractivity contribution < 1.29 is 24.0 Å². The highest BCUT2D eigenvalue weighted by atomic mass is 35.5. The van der Waals surface area contributed by atoms with Gasteiger partial charge in [0.05, 0.1) is 17.6 Å². The lowest BCUT2D eigenvalue weighted by Crippen LogP contribution is -2.17. The second-order valence-corrected chi connectivity index (χ2v) is 6.81. The van der Waals surface area contributed by atoms with E-state index in [1.165, 1.54) is 6.07 Å². The number of Topliss-reactive ketones (excluding diaryl/α,β-unsaturated/α-hetero) is 1. The molecular formula is C19H21ClN2O6. The molecular weight excluding hydrogens is 388 g/mol. The molecule has 0 saturated heterocycles. The molecule has 28 heavy (non-hydrogen) atoms. The smallest absolute Gasteiger partial charge is 0.345 e. The summed E-state index contributed by atoms with van der Waals surface area (Å²) in [6.07, 6.45) is 0. The number of esters is 1. The number of nitro benzene ring substituents is 1. The zero-order valence-electron chi connectivity index (χ0n) is 16.0. The number of ketones is 1. The summed E-state index contributed by atoms with van der Waals surface area (Å²) in [6.45, 7) is 5.59. The van der Waals surface area contributed by atoms with E-state index in [9.17, 15) is 19.7 Å². The summed E-state index contributed by atoms with van der Waals surface area (Å²) < 4.78 is 12.2. The van der Waals surface area contributed by atoms with Crippen molar-refractivity contribution in [1.82, 2.24) is 4.57 Å². The Hall–Kier alpha value is -2.71. The molecule has 0 radical (unpaired) electrons. The third kappa shape index (κ3) is 4.58. The van der Waals surface area contributed by atoms with E-state index in [1.807, 2.05) is 18.4 Å². The Morgan fingerprint density at radius 2 is 1.93 bits per heavy atom. The molecule has 0 aliphatic heterocycles. The number of halogens is 1. The van der Waals surface area contributed by atoms with Crippen molar-refractivity contribution in [2.24, 2.45) is 0 Å². The fourth-order valence-corrected chi connectivity index (χ4v) is 3.34. The molecule has 0 fully saturated rings. The van der Waals surface area contributed by atoms with Crippen LogP contribution in [0.2, 0.25) is 5.02 Å². The van der Waals surface area contributed by atoms with E-state index in [0.29, 0.717) is 12.2 Å². The predicted octanol–water partition coefficient (Wildman–Crippen LogP) is 3.91. The number of carbonyl (C=O) groups excluding carboxylic acids is 2. The average molecular weight is 409 g/mol. The summed E-state index contributed by atoms with van der Waals surface area (Å²) in [5.74, 6) is -1.38. The summed E-state index contributed by atoms with van der Waals surface area (Å²) in [4.78, 5) is 35.2. The third-order valence-corrected chi connectivity index (χ3v) is 4.58. The van der Waals surface area contributed by atoms with Gasteiger partial charge < -0.3 is 14.0 Å². The van der Waals surface area contributed by atoms with E-state index in [2.05, 4.69) is 0 Å². The first kappa shape index (κ1) is 21.6. The van der Waals surface area contributed by atoms with E-state index in [0.717, 1.165) is 23.5 Å². The van der Waals surface area contributed by atoms with Crippen LogP contribution in [0.5, 0.6) is 0 Å². The highest BCUT2D eigenvalue weighted by molar-refractivity contribution is 6.31. The molecule has 0 saturated carbocycles. The minimum absolute atomic E-state index is 0.0308. The highest BCUT2D eigenvalue weighted by Gasteiger charge is 2.24. The molecule has 1 atom stereocenters. The number of hydrogen-bond donors (Lipinski definition) is 0. The molecule has 0 bridgehead atoms. The summed E-state index contributed by atoms with van der Waals surface area (Å²) in [7, 11) is 1.60. The molecule has 0 unspecified atom stereocenters. The molecule has 2 rings (SSSR count). The van der Waals surface area contributed by atoms with Gasteiger partial charge in [-0.05, 0) is 39.0 Å². The zero-order chi connectivity index (χ0) is 21.0. The normalized spacial score (nSPS) is 11.9. The largest absolute Gasteiger partial charge is 0.454 e. The van der Waals surface area contributed by atoms with Crippen LogP contribution in [0.25, 0.3) is 0 Å². The van der Waals surface area contributed by atoms with Gasteiger partial charge in [-0.2, -0.15) is 0 Å². The fourth-order valence-electron chi connectivity index (χ4n) is 3.17. The number of carbonyl (C=O) groups is 2. The standard InChI is InChI=1S/C19H21ClN2O6/c1-11-7-15(13(3)21(11)12(2)9-27-4)18(23)10-28-19(24)16-8-14(20)5-6-17(16)22(25)26/h5-8,12H,9-10H2,1-4H3/t12-/m0/s1. The van der Waals surface area contributed by atoms with Gasteiger partial charge in [0.25, 0.3) is 5.69 Å². The number of aromatic nitrogens is 1. The van der Waals surface area contributed by atoms with Crippen molar-refractivity contribution in [1.29, 1.82) is 0 Å².